The molecule has 0 aliphatic heterocycles. The minimum absolute atomic E-state index is 0.00975. The average Bonchev–Trinajstić information content (AvgIpc) is 3.15. The zero-order chi connectivity index (χ0) is 23.3. The van der Waals surface area contributed by atoms with Crippen molar-refractivity contribution in [1.29, 1.82) is 0 Å². The topological polar surface area (TPSA) is 114 Å². The summed E-state index contributed by atoms with van der Waals surface area (Å²) < 4.78 is 16.4. The summed E-state index contributed by atoms with van der Waals surface area (Å²) in [5.41, 5.74) is -1.39. The minimum atomic E-state index is -1.47. The number of rotatable bonds is 5. The van der Waals surface area contributed by atoms with Gasteiger partial charge in [0.05, 0.1) is 15.8 Å². The van der Waals surface area contributed by atoms with Crippen LogP contribution in [0.3, 0.4) is 0 Å². The van der Waals surface area contributed by atoms with Crippen LogP contribution >= 0.6 is 11.3 Å². The zero-order valence-corrected chi connectivity index (χ0v) is 18.3. The van der Waals surface area contributed by atoms with Crippen molar-refractivity contribution < 1.29 is 19.4 Å². The standard InChI is InChI=1S/C22H20FN3O5S/c1-10(2)9-26-20-15(19(28)25(3)22(26)31)14(21(29)30)18(32-20)17(27)12-7-8-24-16-11(12)5-4-6-13(16)23/h4-8,10,17,27H,9H2,1-3H3,(H,29,30). The van der Waals surface area contributed by atoms with Gasteiger partial charge in [-0.15, -0.1) is 11.3 Å². The van der Waals surface area contributed by atoms with Crippen molar-refractivity contribution in [2.45, 2.75) is 26.5 Å². The monoisotopic (exact) mass is 457 g/mol. The van der Waals surface area contributed by atoms with Crippen LogP contribution in [0.1, 0.15) is 40.8 Å². The van der Waals surface area contributed by atoms with Crippen molar-refractivity contribution in [3.05, 3.63) is 73.1 Å². The summed E-state index contributed by atoms with van der Waals surface area (Å²) in [7, 11) is 1.29. The number of aromatic carboxylic acids is 1. The molecule has 0 fully saturated rings. The van der Waals surface area contributed by atoms with E-state index in [2.05, 4.69) is 4.98 Å². The number of carbonyl (C=O) groups is 1. The third kappa shape index (κ3) is 3.32. The number of aliphatic hydroxyl groups is 1. The van der Waals surface area contributed by atoms with Gasteiger partial charge in [0, 0.05) is 25.2 Å². The van der Waals surface area contributed by atoms with E-state index in [1.54, 1.807) is 6.07 Å². The van der Waals surface area contributed by atoms with Crippen molar-refractivity contribution in [2.75, 3.05) is 0 Å². The maximum absolute atomic E-state index is 14.2. The molecule has 2 N–H and O–H groups in total. The first-order chi connectivity index (χ1) is 15.1. The predicted molar refractivity (Wildman–Crippen MR) is 119 cm³/mol. The molecule has 0 saturated carbocycles. The van der Waals surface area contributed by atoms with E-state index in [1.165, 1.54) is 36.0 Å². The van der Waals surface area contributed by atoms with Crippen molar-refractivity contribution in [3.8, 4) is 0 Å². The second-order valence-corrected chi connectivity index (χ2v) is 8.95. The number of para-hydroxylation sites is 1. The summed E-state index contributed by atoms with van der Waals surface area (Å²) in [5.74, 6) is -1.93. The Hall–Kier alpha value is -3.37. The lowest BCUT2D eigenvalue weighted by molar-refractivity contribution is 0.0694. The average molecular weight is 457 g/mol. The lowest BCUT2D eigenvalue weighted by Gasteiger charge is -2.13. The van der Waals surface area contributed by atoms with Gasteiger partial charge in [-0.1, -0.05) is 26.0 Å². The highest BCUT2D eigenvalue weighted by Gasteiger charge is 2.30. The molecule has 1 unspecified atom stereocenters. The van der Waals surface area contributed by atoms with E-state index in [0.29, 0.717) is 5.39 Å². The van der Waals surface area contributed by atoms with Crippen LogP contribution < -0.4 is 11.2 Å². The highest BCUT2D eigenvalue weighted by Crippen LogP contribution is 2.38. The molecule has 3 heterocycles. The molecular weight excluding hydrogens is 437 g/mol. The normalized spacial score (nSPS) is 12.7. The predicted octanol–water partition coefficient (Wildman–Crippen LogP) is 2.88. The Kier molecular flexibility index (Phi) is 5.43. The molecule has 0 amide bonds. The molecule has 1 atom stereocenters. The number of benzene rings is 1. The minimum Gasteiger partial charge on any atom is -0.478 e. The number of aromatic nitrogens is 3. The van der Waals surface area contributed by atoms with Crippen molar-refractivity contribution >= 4 is 38.4 Å². The van der Waals surface area contributed by atoms with Gasteiger partial charge >= 0.3 is 11.7 Å². The zero-order valence-electron chi connectivity index (χ0n) is 17.5. The summed E-state index contributed by atoms with van der Waals surface area (Å²) in [6, 6.07) is 5.75. The number of hydrogen-bond donors (Lipinski definition) is 2. The number of nitrogens with zero attached hydrogens (tertiary/aromatic N) is 3. The molecule has 166 valence electrons. The molecule has 10 heteroatoms. The molecule has 8 nitrogen and oxygen atoms in total. The van der Waals surface area contributed by atoms with Gasteiger partial charge in [0.25, 0.3) is 5.56 Å². The van der Waals surface area contributed by atoms with Crippen molar-refractivity contribution in [2.24, 2.45) is 13.0 Å². The second kappa shape index (κ2) is 7.95. The number of thiophene rings is 1. The van der Waals surface area contributed by atoms with Crippen LogP contribution in [0.25, 0.3) is 21.1 Å². The van der Waals surface area contributed by atoms with E-state index < -0.39 is 29.1 Å². The van der Waals surface area contributed by atoms with Crippen LogP contribution in [0, 0.1) is 11.7 Å². The van der Waals surface area contributed by atoms with Crippen LogP contribution in [0.2, 0.25) is 0 Å². The maximum Gasteiger partial charge on any atom is 0.337 e. The molecule has 0 saturated heterocycles. The van der Waals surface area contributed by atoms with Crippen LogP contribution in [0.4, 0.5) is 4.39 Å². The van der Waals surface area contributed by atoms with Crippen LogP contribution in [0.5, 0.6) is 0 Å². The Labute approximate surface area is 184 Å². The molecule has 0 spiro atoms. The number of aliphatic hydroxyl groups excluding tert-OH is 1. The number of pyridine rings is 1. The van der Waals surface area contributed by atoms with Crippen LogP contribution in [0.15, 0.2) is 40.1 Å². The smallest absolute Gasteiger partial charge is 0.337 e. The van der Waals surface area contributed by atoms with Gasteiger partial charge in [-0.25, -0.2) is 14.0 Å². The first kappa shape index (κ1) is 21.8. The fraction of sp³-hybridized carbons (Fsp3) is 0.273. The number of carboxylic acid groups (broad SMARTS) is 1. The van der Waals surface area contributed by atoms with Crippen molar-refractivity contribution in [3.63, 3.8) is 0 Å². The lowest BCUT2D eigenvalue weighted by Crippen LogP contribution is -2.38. The summed E-state index contributed by atoms with van der Waals surface area (Å²) >= 11 is 0.878. The molecule has 0 bridgehead atoms. The van der Waals surface area contributed by atoms with Gasteiger partial charge in [0.1, 0.15) is 22.3 Å². The number of halogens is 1. The molecule has 32 heavy (non-hydrogen) atoms. The van der Waals surface area contributed by atoms with E-state index in [4.69, 9.17) is 0 Å². The molecule has 0 aliphatic carbocycles. The van der Waals surface area contributed by atoms with Gasteiger partial charge in [-0.2, -0.15) is 0 Å². The molecule has 4 rings (SSSR count). The number of fused-ring (bicyclic) bond motifs is 2. The SMILES string of the molecule is CC(C)Cn1c(=O)n(C)c(=O)c2c(C(=O)O)c(C(O)c3ccnc4c(F)cccc34)sc21. The first-order valence-corrected chi connectivity index (χ1v) is 10.7. The van der Waals surface area contributed by atoms with Crippen LogP contribution in [-0.2, 0) is 13.6 Å². The summed E-state index contributed by atoms with van der Waals surface area (Å²) in [6.45, 7) is 4.05. The Morgan fingerprint density at radius 3 is 2.62 bits per heavy atom. The van der Waals surface area contributed by atoms with Gasteiger partial charge < -0.3 is 10.2 Å². The first-order valence-electron chi connectivity index (χ1n) is 9.84. The molecule has 1 aromatic carbocycles. The Morgan fingerprint density at radius 1 is 1.25 bits per heavy atom. The molecule has 0 radical (unpaired) electrons. The Morgan fingerprint density at radius 2 is 1.97 bits per heavy atom. The maximum atomic E-state index is 14.2. The summed E-state index contributed by atoms with van der Waals surface area (Å²) in [4.78, 5) is 42.0. The van der Waals surface area contributed by atoms with E-state index in [0.717, 1.165) is 15.9 Å². The third-order valence-electron chi connectivity index (χ3n) is 5.26. The Bertz CT molecular complexity index is 1500. The highest BCUT2D eigenvalue weighted by molar-refractivity contribution is 7.19. The quantitative estimate of drug-likeness (QED) is 0.476. The summed E-state index contributed by atoms with van der Waals surface area (Å²) in [6.07, 6.45) is -0.149. The molecule has 0 aliphatic rings. The fourth-order valence-corrected chi connectivity index (χ4v) is 5.11. The van der Waals surface area contributed by atoms with Crippen molar-refractivity contribution in [1.82, 2.24) is 14.1 Å². The Balaban J connectivity index is 2.08. The third-order valence-corrected chi connectivity index (χ3v) is 6.52. The molecule has 3 aromatic heterocycles. The van der Waals surface area contributed by atoms with E-state index in [9.17, 15) is 29.0 Å². The number of carboxylic acids is 1. The van der Waals surface area contributed by atoms with E-state index in [-0.39, 0.29) is 44.2 Å². The lowest BCUT2D eigenvalue weighted by atomic mass is 10.00. The van der Waals surface area contributed by atoms with Gasteiger partial charge in [0.2, 0.25) is 0 Å². The van der Waals surface area contributed by atoms with Gasteiger partial charge in [-0.05, 0) is 23.6 Å². The summed E-state index contributed by atoms with van der Waals surface area (Å²) in [5, 5.41) is 21.4. The molecular formula is C22H20FN3O5S. The molecule has 4 aromatic rings. The second-order valence-electron chi connectivity index (χ2n) is 7.92. The largest absolute Gasteiger partial charge is 0.478 e. The van der Waals surface area contributed by atoms with E-state index in [1.807, 2.05) is 13.8 Å². The van der Waals surface area contributed by atoms with E-state index >= 15 is 0 Å². The van der Waals surface area contributed by atoms with Gasteiger partial charge in [0.15, 0.2) is 0 Å². The fourth-order valence-electron chi connectivity index (χ4n) is 3.82. The van der Waals surface area contributed by atoms with Gasteiger partial charge in [-0.3, -0.25) is 18.9 Å². The number of hydrogen-bond acceptors (Lipinski definition) is 6. The van der Waals surface area contributed by atoms with Crippen LogP contribution in [-0.4, -0.2) is 30.3 Å². The highest BCUT2D eigenvalue weighted by atomic mass is 32.1.